The number of nitrogens with zero attached hydrogens (tertiary/aromatic N) is 3. The highest BCUT2D eigenvalue weighted by Crippen LogP contribution is 2.15. The number of urea groups is 1. The van der Waals surface area contributed by atoms with Crippen LogP contribution >= 0.6 is 0 Å². The lowest BCUT2D eigenvalue weighted by molar-refractivity contribution is -0.125. The molecule has 0 saturated carbocycles. The van der Waals surface area contributed by atoms with Crippen molar-refractivity contribution in [2.75, 3.05) is 34.2 Å². The summed E-state index contributed by atoms with van der Waals surface area (Å²) in [5, 5.41) is 0. The van der Waals surface area contributed by atoms with E-state index in [4.69, 9.17) is 0 Å². The fourth-order valence-electron chi connectivity index (χ4n) is 1.86. The van der Waals surface area contributed by atoms with E-state index in [1.807, 2.05) is 0 Å². The maximum Gasteiger partial charge on any atom is 0.319 e. The maximum absolute atomic E-state index is 11.7. The molecule has 1 rings (SSSR count). The smallest absolute Gasteiger partial charge is 0.319 e. The summed E-state index contributed by atoms with van der Waals surface area (Å²) in [6.45, 7) is 4.75. The first-order valence-electron chi connectivity index (χ1n) is 5.32. The van der Waals surface area contributed by atoms with E-state index in [1.54, 1.807) is 30.9 Å². The van der Waals surface area contributed by atoms with Crippen molar-refractivity contribution in [3.8, 4) is 0 Å². The van der Waals surface area contributed by atoms with Gasteiger partial charge in [-0.25, -0.2) is 4.79 Å². The van der Waals surface area contributed by atoms with Gasteiger partial charge in [0, 0.05) is 34.2 Å². The lowest BCUT2D eigenvalue weighted by Crippen LogP contribution is -2.44. The summed E-state index contributed by atoms with van der Waals surface area (Å²) in [6, 6.07) is 0.0803. The van der Waals surface area contributed by atoms with Crippen LogP contribution in [0.3, 0.4) is 0 Å². The number of amides is 3. The third-order valence-corrected chi connectivity index (χ3v) is 2.88. The van der Waals surface area contributed by atoms with Crippen molar-refractivity contribution in [3.05, 3.63) is 12.7 Å². The van der Waals surface area contributed by atoms with Gasteiger partial charge in [0.25, 0.3) is 0 Å². The van der Waals surface area contributed by atoms with Crippen molar-refractivity contribution >= 4 is 11.9 Å². The molecule has 0 aliphatic carbocycles. The Kier molecular flexibility index (Phi) is 3.93. The topological polar surface area (TPSA) is 43.9 Å². The molecule has 1 aliphatic rings. The number of carbonyl (C=O) groups excluding carboxylic acids is 2. The first-order chi connectivity index (χ1) is 7.47. The number of hydrogen-bond acceptors (Lipinski definition) is 2. The Bertz CT molecular complexity index is 302. The normalized spacial score (nSPS) is 19.4. The first kappa shape index (κ1) is 12.5. The van der Waals surface area contributed by atoms with E-state index in [0.29, 0.717) is 13.1 Å². The largest absolute Gasteiger partial charge is 0.337 e. The van der Waals surface area contributed by atoms with Gasteiger partial charge in [0.15, 0.2) is 0 Å². The standard InChI is InChI=1S/C11H19N3O2/c1-5-10(15)14-7-6-9(8-14)13(4)11(16)12(2)3/h5,9H,1,6-8H2,2-4H3. The molecule has 5 nitrogen and oxygen atoms in total. The molecule has 3 amide bonds. The van der Waals surface area contributed by atoms with Gasteiger partial charge < -0.3 is 14.7 Å². The van der Waals surface area contributed by atoms with Crippen molar-refractivity contribution in [3.63, 3.8) is 0 Å². The van der Waals surface area contributed by atoms with Gasteiger partial charge in [-0.05, 0) is 12.5 Å². The Morgan fingerprint density at radius 2 is 2.00 bits per heavy atom. The van der Waals surface area contributed by atoms with E-state index >= 15 is 0 Å². The van der Waals surface area contributed by atoms with Crippen LogP contribution in [0.5, 0.6) is 0 Å². The zero-order valence-electron chi connectivity index (χ0n) is 10.1. The minimum atomic E-state index is -0.0618. The zero-order valence-corrected chi connectivity index (χ0v) is 10.1. The van der Waals surface area contributed by atoms with E-state index in [0.717, 1.165) is 6.42 Å². The van der Waals surface area contributed by atoms with Gasteiger partial charge >= 0.3 is 6.03 Å². The summed E-state index contributed by atoms with van der Waals surface area (Å²) in [7, 11) is 5.22. The summed E-state index contributed by atoms with van der Waals surface area (Å²) in [5.41, 5.74) is 0. The van der Waals surface area contributed by atoms with E-state index in [1.165, 1.54) is 11.0 Å². The number of hydrogen-bond donors (Lipinski definition) is 0. The van der Waals surface area contributed by atoms with Crippen molar-refractivity contribution in [1.82, 2.24) is 14.7 Å². The lowest BCUT2D eigenvalue weighted by Gasteiger charge is -2.27. The van der Waals surface area contributed by atoms with Gasteiger partial charge in [-0.2, -0.15) is 0 Å². The van der Waals surface area contributed by atoms with Crippen LogP contribution in [0.15, 0.2) is 12.7 Å². The molecule has 16 heavy (non-hydrogen) atoms. The Morgan fingerprint density at radius 1 is 1.38 bits per heavy atom. The van der Waals surface area contributed by atoms with E-state index in [2.05, 4.69) is 6.58 Å². The SMILES string of the molecule is C=CC(=O)N1CCC(N(C)C(=O)N(C)C)C1. The van der Waals surface area contributed by atoms with Crippen molar-refractivity contribution in [1.29, 1.82) is 0 Å². The highest BCUT2D eigenvalue weighted by molar-refractivity contribution is 5.87. The second-order valence-corrected chi connectivity index (χ2v) is 4.22. The Labute approximate surface area is 96.3 Å². The first-order valence-corrected chi connectivity index (χ1v) is 5.32. The second kappa shape index (κ2) is 5.01. The molecule has 5 heteroatoms. The van der Waals surface area contributed by atoms with Gasteiger partial charge in [-0.1, -0.05) is 6.58 Å². The average Bonchev–Trinajstić information content (AvgIpc) is 2.75. The highest BCUT2D eigenvalue weighted by Gasteiger charge is 2.30. The quantitative estimate of drug-likeness (QED) is 0.638. The molecule has 0 bridgehead atoms. The molecule has 1 saturated heterocycles. The predicted molar refractivity (Wildman–Crippen MR) is 62.0 cm³/mol. The highest BCUT2D eigenvalue weighted by atomic mass is 16.2. The van der Waals surface area contributed by atoms with Crippen LogP contribution in [-0.4, -0.2) is 66.9 Å². The molecule has 1 atom stereocenters. The molecular formula is C11H19N3O2. The fourth-order valence-corrected chi connectivity index (χ4v) is 1.86. The van der Waals surface area contributed by atoms with Crippen LogP contribution in [0.4, 0.5) is 4.79 Å². The van der Waals surface area contributed by atoms with Crippen LogP contribution in [-0.2, 0) is 4.79 Å². The van der Waals surface area contributed by atoms with Crippen molar-refractivity contribution in [2.45, 2.75) is 12.5 Å². The minimum absolute atomic E-state index is 0.0297. The number of carbonyl (C=O) groups is 2. The monoisotopic (exact) mass is 225 g/mol. The van der Waals surface area contributed by atoms with Gasteiger partial charge in [-0.15, -0.1) is 0 Å². The summed E-state index contributed by atoms with van der Waals surface area (Å²) in [5.74, 6) is -0.0618. The molecule has 1 unspecified atom stereocenters. The third kappa shape index (κ3) is 2.53. The molecule has 1 aliphatic heterocycles. The van der Waals surface area contributed by atoms with Crippen LogP contribution in [0.1, 0.15) is 6.42 Å². The summed E-state index contributed by atoms with van der Waals surface area (Å²) < 4.78 is 0. The number of likely N-dealkylation sites (N-methyl/N-ethyl adjacent to an activating group) is 1. The second-order valence-electron chi connectivity index (χ2n) is 4.22. The van der Waals surface area contributed by atoms with Gasteiger partial charge in [0.1, 0.15) is 0 Å². The lowest BCUT2D eigenvalue weighted by atomic mass is 10.2. The van der Waals surface area contributed by atoms with Crippen LogP contribution in [0, 0.1) is 0 Å². The third-order valence-electron chi connectivity index (χ3n) is 2.88. The number of likely N-dealkylation sites (tertiary alicyclic amines) is 1. The van der Waals surface area contributed by atoms with Crippen molar-refractivity contribution in [2.24, 2.45) is 0 Å². The van der Waals surface area contributed by atoms with Crippen LogP contribution in [0.2, 0.25) is 0 Å². The minimum Gasteiger partial charge on any atom is -0.337 e. The molecule has 90 valence electrons. The van der Waals surface area contributed by atoms with E-state index in [-0.39, 0.29) is 18.0 Å². The zero-order chi connectivity index (χ0) is 12.3. The van der Waals surface area contributed by atoms with Crippen LogP contribution in [0.25, 0.3) is 0 Å². The predicted octanol–water partition coefficient (Wildman–Crippen LogP) is 0.387. The average molecular weight is 225 g/mol. The van der Waals surface area contributed by atoms with Gasteiger partial charge in [0.05, 0.1) is 6.04 Å². The number of rotatable bonds is 2. The summed E-state index contributed by atoms with van der Waals surface area (Å²) >= 11 is 0. The van der Waals surface area contributed by atoms with E-state index < -0.39 is 0 Å². The van der Waals surface area contributed by atoms with E-state index in [9.17, 15) is 9.59 Å². The Hall–Kier alpha value is -1.52. The molecule has 0 aromatic rings. The molecule has 1 heterocycles. The van der Waals surface area contributed by atoms with Crippen LogP contribution < -0.4 is 0 Å². The van der Waals surface area contributed by atoms with Gasteiger partial charge in [0.2, 0.25) is 5.91 Å². The Morgan fingerprint density at radius 3 is 2.50 bits per heavy atom. The summed E-state index contributed by atoms with van der Waals surface area (Å²) in [4.78, 5) is 28.0. The molecule has 0 radical (unpaired) electrons. The molecular weight excluding hydrogens is 206 g/mol. The molecule has 1 fully saturated rings. The van der Waals surface area contributed by atoms with Crippen molar-refractivity contribution < 1.29 is 9.59 Å². The molecule has 0 spiro atoms. The molecule has 0 N–H and O–H groups in total. The molecule has 0 aromatic heterocycles. The fraction of sp³-hybridized carbons (Fsp3) is 0.636. The Balaban J connectivity index is 2.56. The summed E-state index contributed by atoms with van der Waals surface area (Å²) in [6.07, 6.45) is 2.14. The maximum atomic E-state index is 11.7. The molecule has 0 aromatic carbocycles. The van der Waals surface area contributed by atoms with Gasteiger partial charge in [-0.3, -0.25) is 4.79 Å².